The van der Waals surface area contributed by atoms with Gasteiger partial charge in [-0.1, -0.05) is 36.7 Å². The number of aromatic nitrogens is 2. The molecule has 0 atom stereocenters. The molecule has 5 nitrogen and oxygen atoms in total. The van der Waals surface area contributed by atoms with Crippen LogP contribution in [0.25, 0.3) is 0 Å². The molecule has 0 amide bonds. The van der Waals surface area contributed by atoms with Crippen molar-refractivity contribution in [2.75, 3.05) is 12.4 Å². The second-order valence-corrected chi connectivity index (χ2v) is 7.12. The third-order valence-corrected chi connectivity index (χ3v) is 5.09. The number of thioether (sulfide) groups is 1. The minimum atomic E-state index is -0.212. The summed E-state index contributed by atoms with van der Waals surface area (Å²) in [6, 6.07) is 9.31. The van der Waals surface area contributed by atoms with Gasteiger partial charge in [-0.25, -0.2) is 0 Å². The lowest BCUT2D eigenvalue weighted by Crippen LogP contribution is -2.25. The van der Waals surface area contributed by atoms with E-state index in [-0.39, 0.29) is 17.5 Å². The highest BCUT2D eigenvalue weighted by molar-refractivity contribution is 7.99. The van der Waals surface area contributed by atoms with Gasteiger partial charge in [0.1, 0.15) is 5.75 Å². The van der Waals surface area contributed by atoms with Crippen molar-refractivity contribution in [3.63, 3.8) is 0 Å². The normalized spacial score (nSPS) is 14.9. The maximum absolute atomic E-state index is 12.3. The third kappa shape index (κ3) is 4.12. The van der Waals surface area contributed by atoms with E-state index in [1.807, 2.05) is 31.2 Å². The van der Waals surface area contributed by atoms with E-state index in [1.54, 1.807) is 4.57 Å². The van der Waals surface area contributed by atoms with Gasteiger partial charge in [0.25, 0.3) is 5.56 Å². The fourth-order valence-electron chi connectivity index (χ4n) is 3.06. The summed E-state index contributed by atoms with van der Waals surface area (Å²) < 4.78 is 7.48. The first-order chi connectivity index (χ1) is 11.6. The zero-order valence-corrected chi connectivity index (χ0v) is 14.6. The topological polar surface area (TPSA) is 64.3 Å². The van der Waals surface area contributed by atoms with Gasteiger partial charge in [0.05, 0.1) is 12.7 Å². The fourth-order valence-corrected chi connectivity index (χ4v) is 3.94. The van der Waals surface area contributed by atoms with Gasteiger partial charge in [0.15, 0.2) is 5.16 Å². The van der Waals surface area contributed by atoms with E-state index < -0.39 is 0 Å². The van der Waals surface area contributed by atoms with Gasteiger partial charge >= 0.3 is 0 Å². The molecule has 2 aromatic rings. The number of rotatable bonds is 6. The van der Waals surface area contributed by atoms with Crippen molar-refractivity contribution >= 4 is 11.8 Å². The van der Waals surface area contributed by atoms with Crippen LogP contribution in [-0.2, 0) is 0 Å². The summed E-state index contributed by atoms with van der Waals surface area (Å²) >= 11 is 1.45. The van der Waals surface area contributed by atoms with Crippen LogP contribution >= 0.6 is 11.8 Å². The Bertz CT molecular complexity index is 754. The van der Waals surface area contributed by atoms with Crippen LogP contribution in [0, 0.1) is 6.92 Å². The van der Waals surface area contributed by atoms with E-state index in [0.29, 0.717) is 17.5 Å². The maximum atomic E-state index is 12.3. The molecule has 1 aromatic carbocycles. The van der Waals surface area contributed by atoms with Crippen LogP contribution in [0.4, 0.5) is 0 Å². The third-order valence-electron chi connectivity index (χ3n) is 4.17. The minimum Gasteiger partial charge on any atom is -0.493 e. The standard InChI is InChI=1S/C18H22N2O3S/c1-13-5-4-8-15(11-13)23-9-10-24-18-19-16(21)12-17(22)20(18)14-6-2-3-7-14/h4-5,8,11-12,14,21H,2-3,6-7,9-10H2,1H3. The molecule has 128 valence electrons. The number of hydrogen-bond donors (Lipinski definition) is 1. The second-order valence-electron chi connectivity index (χ2n) is 6.06. The Morgan fingerprint density at radius 2 is 2.12 bits per heavy atom. The monoisotopic (exact) mass is 346 g/mol. The summed E-state index contributed by atoms with van der Waals surface area (Å²) in [5, 5.41) is 10.2. The van der Waals surface area contributed by atoms with E-state index in [9.17, 15) is 9.90 Å². The SMILES string of the molecule is Cc1cccc(OCCSc2nc(O)cc(=O)n2C2CCCC2)c1. The average molecular weight is 346 g/mol. The van der Waals surface area contributed by atoms with Crippen molar-refractivity contribution in [1.82, 2.24) is 9.55 Å². The molecule has 6 heteroatoms. The quantitative estimate of drug-likeness (QED) is 0.492. The van der Waals surface area contributed by atoms with Gasteiger partial charge in [-0.2, -0.15) is 4.98 Å². The predicted octanol–water partition coefficient (Wildman–Crippen LogP) is 3.54. The number of aromatic hydroxyl groups is 1. The van der Waals surface area contributed by atoms with Crippen molar-refractivity contribution in [1.29, 1.82) is 0 Å². The van der Waals surface area contributed by atoms with Crippen molar-refractivity contribution in [3.05, 3.63) is 46.2 Å². The van der Waals surface area contributed by atoms with E-state index in [4.69, 9.17) is 4.74 Å². The summed E-state index contributed by atoms with van der Waals surface area (Å²) in [6.07, 6.45) is 4.27. The Hall–Kier alpha value is -1.95. The number of aryl methyl sites for hydroxylation is 1. The molecule has 1 aromatic heterocycles. The molecule has 0 radical (unpaired) electrons. The lowest BCUT2D eigenvalue weighted by atomic mass is 10.2. The first kappa shape index (κ1) is 16.9. The number of nitrogens with zero attached hydrogens (tertiary/aromatic N) is 2. The van der Waals surface area contributed by atoms with Gasteiger partial charge in [-0.3, -0.25) is 9.36 Å². The van der Waals surface area contributed by atoms with E-state index in [1.165, 1.54) is 17.8 Å². The van der Waals surface area contributed by atoms with Gasteiger partial charge in [-0.15, -0.1) is 0 Å². The lowest BCUT2D eigenvalue weighted by molar-refractivity contribution is 0.343. The molecule has 1 fully saturated rings. The largest absolute Gasteiger partial charge is 0.493 e. The molecule has 0 saturated heterocycles. The predicted molar refractivity (Wildman–Crippen MR) is 95.1 cm³/mol. The van der Waals surface area contributed by atoms with Gasteiger partial charge in [0.2, 0.25) is 5.88 Å². The van der Waals surface area contributed by atoms with Crippen LogP contribution in [0.15, 0.2) is 40.3 Å². The number of hydrogen-bond acceptors (Lipinski definition) is 5. The zero-order chi connectivity index (χ0) is 16.9. The molecule has 24 heavy (non-hydrogen) atoms. The Morgan fingerprint density at radius 1 is 1.33 bits per heavy atom. The molecule has 1 heterocycles. The Morgan fingerprint density at radius 3 is 2.88 bits per heavy atom. The first-order valence-electron chi connectivity index (χ1n) is 8.28. The highest BCUT2D eigenvalue weighted by Gasteiger charge is 2.22. The summed E-state index contributed by atoms with van der Waals surface area (Å²) in [5.41, 5.74) is 0.987. The first-order valence-corrected chi connectivity index (χ1v) is 9.27. The summed E-state index contributed by atoms with van der Waals surface area (Å²) in [6.45, 7) is 2.54. The molecule has 0 aliphatic heterocycles. The number of ether oxygens (including phenoxy) is 1. The Labute approximate surface area is 145 Å². The van der Waals surface area contributed by atoms with Crippen molar-refractivity contribution in [2.24, 2.45) is 0 Å². The fraction of sp³-hybridized carbons (Fsp3) is 0.444. The summed E-state index contributed by atoms with van der Waals surface area (Å²) in [5.74, 6) is 1.29. The number of benzene rings is 1. The van der Waals surface area contributed by atoms with Crippen LogP contribution in [0.5, 0.6) is 11.6 Å². The smallest absolute Gasteiger partial charge is 0.258 e. The molecule has 3 rings (SSSR count). The molecule has 0 spiro atoms. The van der Waals surface area contributed by atoms with Crippen LogP contribution < -0.4 is 10.3 Å². The molecule has 0 unspecified atom stereocenters. The van der Waals surface area contributed by atoms with Crippen molar-refractivity contribution in [2.45, 2.75) is 43.8 Å². The van der Waals surface area contributed by atoms with Crippen LogP contribution in [-0.4, -0.2) is 27.0 Å². The molecule has 1 saturated carbocycles. The zero-order valence-electron chi connectivity index (χ0n) is 13.8. The van der Waals surface area contributed by atoms with Crippen LogP contribution in [0.3, 0.4) is 0 Å². The van der Waals surface area contributed by atoms with E-state index in [0.717, 1.165) is 37.0 Å². The highest BCUT2D eigenvalue weighted by Crippen LogP contribution is 2.31. The Balaban J connectivity index is 1.65. The molecular weight excluding hydrogens is 324 g/mol. The molecule has 1 aliphatic carbocycles. The lowest BCUT2D eigenvalue weighted by Gasteiger charge is -2.17. The van der Waals surface area contributed by atoms with Crippen molar-refractivity contribution < 1.29 is 9.84 Å². The molecule has 1 aliphatic rings. The van der Waals surface area contributed by atoms with Crippen LogP contribution in [0.2, 0.25) is 0 Å². The second kappa shape index (κ2) is 7.75. The summed E-state index contributed by atoms with van der Waals surface area (Å²) in [7, 11) is 0. The van der Waals surface area contributed by atoms with Gasteiger partial charge in [0, 0.05) is 11.8 Å². The molecular formula is C18H22N2O3S. The van der Waals surface area contributed by atoms with Crippen molar-refractivity contribution in [3.8, 4) is 11.6 Å². The van der Waals surface area contributed by atoms with Gasteiger partial charge < -0.3 is 9.84 Å². The molecule has 1 N–H and O–H groups in total. The highest BCUT2D eigenvalue weighted by atomic mass is 32.2. The minimum absolute atomic E-state index is 0.170. The Kier molecular flexibility index (Phi) is 5.45. The summed E-state index contributed by atoms with van der Waals surface area (Å²) in [4.78, 5) is 16.4. The van der Waals surface area contributed by atoms with Gasteiger partial charge in [-0.05, 0) is 37.5 Å². The molecule has 0 bridgehead atoms. The maximum Gasteiger partial charge on any atom is 0.258 e. The average Bonchev–Trinajstić information content (AvgIpc) is 3.05. The van der Waals surface area contributed by atoms with E-state index in [2.05, 4.69) is 4.98 Å². The van der Waals surface area contributed by atoms with E-state index >= 15 is 0 Å². The van der Waals surface area contributed by atoms with Crippen LogP contribution in [0.1, 0.15) is 37.3 Å².